The van der Waals surface area contributed by atoms with Gasteiger partial charge in [-0.25, -0.2) is 0 Å². The first-order chi connectivity index (χ1) is 11.5. The molecule has 2 rings (SSSR count). The maximum absolute atomic E-state index is 6.35. The molecule has 1 N–H and O–H groups in total. The molecule has 0 atom stereocenters. The Kier molecular flexibility index (Phi) is 7.50. The second-order valence-electron chi connectivity index (χ2n) is 5.13. The maximum atomic E-state index is 6.35. The van der Waals surface area contributed by atoms with Crippen molar-refractivity contribution in [3.63, 3.8) is 0 Å². The highest BCUT2D eigenvalue weighted by atomic mass is 35.5. The second kappa shape index (κ2) is 9.38. The molecule has 0 spiro atoms. The molecule has 6 heteroatoms. The predicted molar refractivity (Wildman–Crippen MR) is 101 cm³/mol. The van der Waals surface area contributed by atoms with Crippen molar-refractivity contribution >= 4 is 34.8 Å². The monoisotopic (exact) mass is 387 g/mol. The van der Waals surface area contributed by atoms with Gasteiger partial charge < -0.3 is 14.8 Å². The minimum absolute atomic E-state index is 0.305. The molecule has 0 aliphatic rings. The standard InChI is InChI=1S/C18H20Cl3NO2/c1-3-22-10-13-7-17(23-4-2)18(9-16(13)21)24-11-12-5-6-14(19)8-15(12)20/h5-9,22H,3-4,10-11H2,1-2H3. The Labute approximate surface area is 157 Å². The molecular formula is C18H20Cl3NO2. The van der Waals surface area contributed by atoms with Crippen LogP contribution in [0.5, 0.6) is 11.5 Å². The predicted octanol–water partition coefficient (Wildman–Crippen LogP) is 5.73. The van der Waals surface area contributed by atoms with Gasteiger partial charge in [0.2, 0.25) is 0 Å². The summed E-state index contributed by atoms with van der Waals surface area (Å²) < 4.78 is 11.6. The van der Waals surface area contributed by atoms with Crippen molar-refractivity contribution in [2.45, 2.75) is 27.0 Å². The highest BCUT2D eigenvalue weighted by molar-refractivity contribution is 6.35. The van der Waals surface area contributed by atoms with E-state index >= 15 is 0 Å². The van der Waals surface area contributed by atoms with Crippen molar-refractivity contribution in [1.29, 1.82) is 0 Å². The number of hydrogen-bond donors (Lipinski definition) is 1. The number of ether oxygens (including phenoxy) is 2. The Morgan fingerprint density at radius 1 is 0.875 bits per heavy atom. The molecule has 0 aliphatic carbocycles. The first-order valence-electron chi connectivity index (χ1n) is 7.77. The SMILES string of the molecule is CCNCc1cc(OCC)c(OCc2ccc(Cl)cc2Cl)cc1Cl. The molecule has 0 radical (unpaired) electrons. The van der Waals surface area contributed by atoms with Crippen molar-refractivity contribution in [1.82, 2.24) is 5.32 Å². The molecule has 0 bridgehead atoms. The minimum atomic E-state index is 0.305. The number of hydrogen-bond acceptors (Lipinski definition) is 3. The van der Waals surface area contributed by atoms with Crippen LogP contribution in [0.25, 0.3) is 0 Å². The van der Waals surface area contributed by atoms with E-state index < -0.39 is 0 Å². The van der Waals surface area contributed by atoms with Gasteiger partial charge in [0.15, 0.2) is 11.5 Å². The Hall–Kier alpha value is -1.13. The van der Waals surface area contributed by atoms with Crippen LogP contribution in [-0.4, -0.2) is 13.2 Å². The molecule has 0 fully saturated rings. The van der Waals surface area contributed by atoms with Crippen molar-refractivity contribution in [2.75, 3.05) is 13.2 Å². The Morgan fingerprint density at radius 2 is 1.58 bits per heavy atom. The van der Waals surface area contributed by atoms with Gasteiger partial charge in [-0.15, -0.1) is 0 Å². The highest BCUT2D eigenvalue weighted by Crippen LogP contribution is 2.34. The number of halogens is 3. The van der Waals surface area contributed by atoms with Crippen molar-refractivity contribution < 1.29 is 9.47 Å². The van der Waals surface area contributed by atoms with Crippen molar-refractivity contribution in [2.24, 2.45) is 0 Å². The highest BCUT2D eigenvalue weighted by Gasteiger charge is 2.12. The van der Waals surface area contributed by atoms with Gasteiger partial charge in [0.05, 0.1) is 6.61 Å². The van der Waals surface area contributed by atoms with Crippen LogP contribution in [0.1, 0.15) is 25.0 Å². The van der Waals surface area contributed by atoms with Crippen LogP contribution in [0.3, 0.4) is 0 Å². The zero-order valence-corrected chi connectivity index (χ0v) is 15.9. The Morgan fingerprint density at radius 3 is 2.25 bits per heavy atom. The molecule has 2 aromatic carbocycles. The lowest BCUT2D eigenvalue weighted by molar-refractivity contribution is 0.269. The first-order valence-corrected chi connectivity index (χ1v) is 8.91. The molecule has 3 nitrogen and oxygen atoms in total. The topological polar surface area (TPSA) is 30.5 Å². The van der Waals surface area contributed by atoms with Gasteiger partial charge >= 0.3 is 0 Å². The largest absolute Gasteiger partial charge is 0.490 e. The summed E-state index contributed by atoms with van der Waals surface area (Å²) in [5.74, 6) is 1.26. The van der Waals surface area contributed by atoms with E-state index in [2.05, 4.69) is 5.32 Å². The van der Waals surface area contributed by atoms with E-state index in [9.17, 15) is 0 Å². The summed E-state index contributed by atoms with van der Waals surface area (Å²) in [4.78, 5) is 0. The van der Waals surface area contributed by atoms with Gasteiger partial charge in [-0.05, 0) is 37.2 Å². The molecule has 0 aliphatic heterocycles. The number of nitrogens with one attached hydrogen (secondary N) is 1. The third kappa shape index (κ3) is 5.18. The summed E-state index contributed by atoms with van der Waals surface area (Å²) in [6, 6.07) is 9.00. The Bertz CT molecular complexity index is 692. The molecular weight excluding hydrogens is 369 g/mol. The third-order valence-corrected chi connectivity index (χ3v) is 4.32. The normalized spacial score (nSPS) is 10.7. The molecule has 0 saturated heterocycles. The van der Waals surface area contributed by atoms with Crippen LogP contribution >= 0.6 is 34.8 Å². The van der Waals surface area contributed by atoms with Gasteiger partial charge in [0, 0.05) is 33.2 Å². The van der Waals surface area contributed by atoms with Crippen LogP contribution in [0.4, 0.5) is 0 Å². The first kappa shape index (κ1) is 19.2. The van der Waals surface area contributed by atoms with E-state index in [0.717, 1.165) is 17.7 Å². The molecule has 130 valence electrons. The number of benzene rings is 2. The van der Waals surface area contributed by atoms with Gasteiger partial charge in [-0.3, -0.25) is 0 Å². The quantitative estimate of drug-likeness (QED) is 0.626. The van der Waals surface area contributed by atoms with Gasteiger partial charge in [0.1, 0.15) is 6.61 Å². The van der Waals surface area contributed by atoms with Gasteiger partial charge in [-0.2, -0.15) is 0 Å². The van der Waals surface area contributed by atoms with Crippen LogP contribution < -0.4 is 14.8 Å². The summed E-state index contributed by atoms with van der Waals surface area (Å²) >= 11 is 18.4. The smallest absolute Gasteiger partial charge is 0.163 e. The van der Waals surface area contributed by atoms with E-state index in [1.165, 1.54) is 0 Å². The minimum Gasteiger partial charge on any atom is -0.490 e. The lowest BCUT2D eigenvalue weighted by atomic mass is 10.2. The fraction of sp³-hybridized carbons (Fsp3) is 0.333. The summed E-state index contributed by atoms with van der Waals surface area (Å²) in [6.07, 6.45) is 0. The fourth-order valence-corrected chi connectivity index (χ4v) is 2.83. The van der Waals surface area contributed by atoms with Gasteiger partial charge in [-0.1, -0.05) is 47.8 Å². The van der Waals surface area contributed by atoms with Crippen molar-refractivity contribution in [3.8, 4) is 11.5 Å². The van der Waals surface area contributed by atoms with Crippen molar-refractivity contribution in [3.05, 3.63) is 56.5 Å². The van der Waals surface area contributed by atoms with Crippen LogP contribution in [0, 0.1) is 0 Å². The van der Waals surface area contributed by atoms with E-state index in [-0.39, 0.29) is 0 Å². The molecule has 0 amide bonds. The summed E-state index contributed by atoms with van der Waals surface area (Å²) in [5.41, 5.74) is 1.82. The zero-order chi connectivity index (χ0) is 17.5. The summed E-state index contributed by atoms with van der Waals surface area (Å²) in [6.45, 7) is 6.37. The average Bonchev–Trinajstić information content (AvgIpc) is 2.55. The van der Waals surface area contributed by atoms with E-state index in [1.807, 2.05) is 26.0 Å². The molecule has 2 aromatic rings. The van der Waals surface area contributed by atoms with Crippen LogP contribution in [-0.2, 0) is 13.2 Å². The summed E-state index contributed by atoms with van der Waals surface area (Å²) in [7, 11) is 0. The average molecular weight is 389 g/mol. The molecule has 0 heterocycles. The number of rotatable bonds is 8. The zero-order valence-electron chi connectivity index (χ0n) is 13.7. The Balaban J connectivity index is 2.20. The fourth-order valence-electron chi connectivity index (χ4n) is 2.15. The lowest BCUT2D eigenvalue weighted by Crippen LogP contribution is -2.12. The molecule has 0 unspecified atom stereocenters. The van der Waals surface area contributed by atoms with Gasteiger partial charge in [0.25, 0.3) is 0 Å². The third-order valence-electron chi connectivity index (χ3n) is 3.38. The van der Waals surface area contributed by atoms with Crippen LogP contribution in [0.2, 0.25) is 15.1 Å². The van der Waals surface area contributed by atoms with E-state index in [1.54, 1.807) is 18.2 Å². The lowest BCUT2D eigenvalue weighted by Gasteiger charge is -2.15. The maximum Gasteiger partial charge on any atom is 0.163 e. The molecule has 0 saturated carbocycles. The van der Waals surface area contributed by atoms with Crippen LogP contribution in [0.15, 0.2) is 30.3 Å². The van der Waals surface area contributed by atoms with E-state index in [0.29, 0.717) is 46.3 Å². The second-order valence-corrected chi connectivity index (χ2v) is 6.38. The van der Waals surface area contributed by atoms with E-state index in [4.69, 9.17) is 44.3 Å². The molecule has 24 heavy (non-hydrogen) atoms. The molecule has 0 aromatic heterocycles. The summed E-state index contributed by atoms with van der Waals surface area (Å²) in [5, 5.41) is 5.05.